The average molecular weight is 816 g/mol. The van der Waals surface area contributed by atoms with Crippen molar-refractivity contribution in [1.29, 1.82) is 0 Å². The zero-order chi connectivity index (χ0) is 42.2. The highest BCUT2D eigenvalue weighted by atomic mass is 15.3. The van der Waals surface area contributed by atoms with Gasteiger partial charge < -0.3 is 0 Å². The van der Waals surface area contributed by atoms with Crippen molar-refractivity contribution in [2.75, 3.05) is 0 Å². The van der Waals surface area contributed by atoms with E-state index in [1.54, 1.807) is 0 Å². The molecule has 0 aliphatic heterocycles. The summed E-state index contributed by atoms with van der Waals surface area (Å²) in [5, 5.41) is 6.56. The smallest absolute Gasteiger partial charge is 0.164 e. The second kappa shape index (κ2) is 14.3. The summed E-state index contributed by atoms with van der Waals surface area (Å²) in [6.07, 6.45) is 0. The second-order valence-corrected chi connectivity index (χ2v) is 16.6. The molecule has 0 bridgehead atoms. The molecule has 5 nitrogen and oxygen atoms in total. The van der Waals surface area contributed by atoms with E-state index in [0.717, 1.165) is 50.1 Å². The molecule has 0 saturated heterocycles. The summed E-state index contributed by atoms with van der Waals surface area (Å²) in [5.74, 6) is 1.91. The van der Waals surface area contributed by atoms with Crippen molar-refractivity contribution >= 4 is 10.9 Å². The van der Waals surface area contributed by atoms with Crippen LogP contribution in [0, 0.1) is 0 Å². The molecule has 9 aromatic carbocycles. The van der Waals surface area contributed by atoms with Gasteiger partial charge >= 0.3 is 0 Å². The lowest BCUT2D eigenvalue weighted by molar-refractivity contribution is 0.794. The Hall–Kier alpha value is -8.54. The van der Waals surface area contributed by atoms with E-state index in [0.29, 0.717) is 17.5 Å². The van der Waals surface area contributed by atoms with Gasteiger partial charge in [0.15, 0.2) is 17.5 Å². The molecular formula is C59H37N5. The first kappa shape index (κ1) is 36.1. The fourth-order valence-electron chi connectivity index (χ4n) is 10.3. The third-order valence-electron chi connectivity index (χ3n) is 13.1. The van der Waals surface area contributed by atoms with Gasteiger partial charge in [0.2, 0.25) is 0 Å². The Bertz CT molecular complexity index is 3490. The van der Waals surface area contributed by atoms with E-state index in [2.05, 4.69) is 193 Å². The molecule has 0 saturated carbocycles. The van der Waals surface area contributed by atoms with Crippen molar-refractivity contribution in [3.63, 3.8) is 0 Å². The monoisotopic (exact) mass is 815 g/mol. The third-order valence-corrected chi connectivity index (χ3v) is 13.1. The van der Waals surface area contributed by atoms with Gasteiger partial charge in [-0.05, 0) is 92.0 Å². The number of aromatic nitrogens is 5. The summed E-state index contributed by atoms with van der Waals surface area (Å²) < 4.78 is 2.09. The van der Waals surface area contributed by atoms with Crippen LogP contribution in [0.5, 0.6) is 0 Å². The van der Waals surface area contributed by atoms with Gasteiger partial charge in [-0.1, -0.05) is 188 Å². The quantitative estimate of drug-likeness (QED) is 0.168. The van der Waals surface area contributed by atoms with Gasteiger partial charge in [-0.3, -0.25) is 0 Å². The highest BCUT2D eigenvalue weighted by Crippen LogP contribution is 2.63. The van der Waals surface area contributed by atoms with Crippen LogP contribution in [-0.4, -0.2) is 24.7 Å². The third kappa shape index (κ3) is 5.44. The van der Waals surface area contributed by atoms with Gasteiger partial charge in [0.25, 0.3) is 0 Å². The molecule has 2 heterocycles. The first-order chi connectivity index (χ1) is 31.7. The Morgan fingerprint density at radius 3 is 1.33 bits per heavy atom. The van der Waals surface area contributed by atoms with Gasteiger partial charge in [0.1, 0.15) is 5.69 Å². The Kier molecular flexibility index (Phi) is 8.06. The van der Waals surface area contributed by atoms with Gasteiger partial charge in [-0.15, -0.1) is 0 Å². The van der Waals surface area contributed by atoms with Crippen LogP contribution in [0.25, 0.3) is 95.4 Å². The predicted octanol–water partition coefficient (Wildman–Crippen LogP) is 13.9. The van der Waals surface area contributed by atoms with Crippen LogP contribution in [0.1, 0.15) is 22.3 Å². The van der Waals surface area contributed by atoms with Crippen LogP contribution in [0.2, 0.25) is 0 Å². The van der Waals surface area contributed by atoms with E-state index < -0.39 is 5.41 Å². The van der Waals surface area contributed by atoms with E-state index >= 15 is 0 Å². The minimum absolute atomic E-state index is 0.617. The highest BCUT2D eigenvalue weighted by Gasteiger charge is 2.52. The molecule has 1 spiro atoms. The fraction of sp³-hybridized carbons (Fsp3) is 0.0169. The average Bonchev–Trinajstić information content (AvgIpc) is 4.01. The second-order valence-electron chi connectivity index (χ2n) is 16.6. The van der Waals surface area contributed by atoms with Crippen LogP contribution in [0.3, 0.4) is 0 Å². The molecule has 0 radical (unpaired) electrons. The minimum Gasteiger partial charge on any atom is -0.232 e. The Balaban J connectivity index is 1.06. The van der Waals surface area contributed by atoms with E-state index in [1.807, 2.05) is 36.4 Å². The van der Waals surface area contributed by atoms with E-state index in [1.165, 1.54) is 50.1 Å². The maximum Gasteiger partial charge on any atom is 0.164 e. The van der Waals surface area contributed by atoms with Crippen LogP contribution in [-0.2, 0) is 5.41 Å². The molecule has 0 N–H and O–H groups in total. The maximum absolute atomic E-state index is 5.46. The summed E-state index contributed by atoms with van der Waals surface area (Å²) in [6.45, 7) is 0. The number of nitrogens with zero attached hydrogens (tertiary/aromatic N) is 5. The molecule has 5 heteroatoms. The molecule has 2 aliphatic rings. The first-order valence-corrected chi connectivity index (χ1v) is 21.7. The standard InChI is InChI=1S/C59H37N5/c1-5-17-38(18-6-1)41-31-34-54-49(35-41)55(63-64(54)44-23-11-4-12-24-44)42-29-32-47-48-33-30-43(58-61-56(39-19-7-2-8-20-39)60-57(62-58)40-21-9-3-10-22-40)37-53(48)59(52(47)36-42)50-27-15-13-25-45(50)46-26-14-16-28-51(46)59/h1-37H. The van der Waals surface area contributed by atoms with Crippen LogP contribution in [0.4, 0.5) is 0 Å². The molecule has 2 aromatic heterocycles. The van der Waals surface area contributed by atoms with Gasteiger partial charge in [-0.25, -0.2) is 19.6 Å². The molecule has 0 unspecified atom stereocenters. The summed E-state index contributed by atoms with van der Waals surface area (Å²) in [5.41, 5.74) is 18.5. The van der Waals surface area contributed by atoms with Crippen molar-refractivity contribution in [2.24, 2.45) is 0 Å². The number of rotatable bonds is 6. The normalized spacial score (nSPS) is 12.8. The summed E-state index contributed by atoms with van der Waals surface area (Å²) in [7, 11) is 0. The molecule has 11 aromatic rings. The van der Waals surface area contributed by atoms with Crippen molar-refractivity contribution in [2.45, 2.75) is 5.41 Å². The lowest BCUT2D eigenvalue weighted by Crippen LogP contribution is -2.26. The van der Waals surface area contributed by atoms with E-state index in [-0.39, 0.29) is 0 Å². The molecule has 0 fully saturated rings. The topological polar surface area (TPSA) is 56.5 Å². The van der Waals surface area contributed by atoms with Gasteiger partial charge in [0.05, 0.1) is 16.6 Å². The van der Waals surface area contributed by atoms with Crippen LogP contribution < -0.4 is 0 Å². The van der Waals surface area contributed by atoms with Crippen molar-refractivity contribution in [3.8, 4) is 84.5 Å². The maximum atomic E-state index is 5.46. The number of benzene rings is 9. The lowest BCUT2D eigenvalue weighted by Gasteiger charge is -2.31. The zero-order valence-electron chi connectivity index (χ0n) is 34.6. The summed E-state index contributed by atoms with van der Waals surface area (Å²) >= 11 is 0. The van der Waals surface area contributed by atoms with Crippen LogP contribution >= 0.6 is 0 Å². The SMILES string of the molecule is c1ccc(-c2ccc3c(c2)c(-c2ccc4c(c2)C2(c5ccccc5-c5ccccc52)c2cc(-c5nc(-c6ccccc6)nc(-c6ccccc6)n5)ccc2-4)nn3-c2ccccc2)cc1. The number of fused-ring (bicyclic) bond motifs is 11. The molecule has 64 heavy (non-hydrogen) atoms. The summed E-state index contributed by atoms with van der Waals surface area (Å²) in [4.78, 5) is 15.4. The fourth-order valence-corrected chi connectivity index (χ4v) is 10.3. The minimum atomic E-state index is -0.617. The zero-order valence-corrected chi connectivity index (χ0v) is 34.6. The van der Waals surface area contributed by atoms with E-state index in [9.17, 15) is 0 Å². The number of hydrogen-bond acceptors (Lipinski definition) is 4. The Labute approximate surface area is 370 Å². The largest absolute Gasteiger partial charge is 0.232 e. The molecule has 2 aliphatic carbocycles. The summed E-state index contributed by atoms with van der Waals surface area (Å²) in [6, 6.07) is 79.8. The van der Waals surface area contributed by atoms with Crippen molar-refractivity contribution < 1.29 is 0 Å². The van der Waals surface area contributed by atoms with Crippen molar-refractivity contribution in [3.05, 3.63) is 247 Å². The molecule has 13 rings (SSSR count). The van der Waals surface area contributed by atoms with Gasteiger partial charge in [-0.2, -0.15) is 5.10 Å². The lowest BCUT2D eigenvalue weighted by atomic mass is 9.70. The van der Waals surface area contributed by atoms with Gasteiger partial charge in [0, 0.05) is 27.6 Å². The molecule has 0 amide bonds. The number of hydrogen-bond donors (Lipinski definition) is 0. The molecule has 298 valence electrons. The molecule has 0 atom stereocenters. The van der Waals surface area contributed by atoms with Crippen molar-refractivity contribution in [1.82, 2.24) is 24.7 Å². The first-order valence-electron chi connectivity index (χ1n) is 21.7. The molecular weight excluding hydrogens is 779 g/mol. The Morgan fingerprint density at radius 2 is 0.750 bits per heavy atom. The highest BCUT2D eigenvalue weighted by molar-refractivity contribution is 6.00. The van der Waals surface area contributed by atoms with E-state index in [4.69, 9.17) is 20.1 Å². The number of para-hydroxylation sites is 1. The predicted molar refractivity (Wildman–Crippen MR) is 258 cm³/mol. The van der Waals surface area contributed by atoms with Crippen LogP contribution in [0.15, 0.2) is 224 Å². The Morgan fingerprint density at radius 1 is 0.312 bits per heavy atom.